The highest BCUT2D eigenvalue weighted by molar-refractivity contribution is 7.80. The third kappa shape index (κ3) is 2.54. The molecule has 4 unspecified atom stereocenters. The molecular formula is C12H23NO2S. The molecule has 0 spiro atoms. The zero-order valence-corrected chi connectivity index (χ0v) is 11.3. The maximum absolute atomic E-state index is 11.3. The van der Waals surface area contributed by atoms with Crippen molar-refractivity contribution >= 4 is 18.6 Å². The van der Waals surface area contributed by atoms with Crippen molar-refractivity contribution in [1.82, 2.24) is 5.32 Å². The van der Waals surface area contributed by atoms with Crippen LogP contribution in [0.5, 0.6) is 0 Å². The Labute approximate surface area is 103 Å². The van der Waals surface area contributed by atoms with Crippen LogP contribution in [0.4, 0.5) is 0 Å². The fourth-order valence-corrected chi connectivity index (χ4v) is 3.54. The third-order valence-corrected chi connectivity index (χ3v) is 4.71. The molecule has 0 saturated heterocycles. The summed E-state index contributed by atoms with van der Waals surface area (Å²) in [6.07, 6.45) is 3.07. The first-order valence-corrected chi connectivity index (χ1v) is 6.51. The molecule has 4 heteroatoms. The summed E-state index contributed by atoms with van der Waals surface area (Å²) in [5.74, 6) is -0.566. The molecule has 0 heterocycles. The monoisotopic (exact) mass is 245 g/mol. The van der Waals surface area contributed by atoms with Crippen molar-refractivity contribution in [2.75, 3.05) is 13.6 Å². The van der Waals surface area contributed by atoms with Gasteiger partial charge < -0.3 is 10.4 Å². The highest BCUT2D eigenvalue weighted by Crippen LogP contribution is 2.47. The molecule has 4 atom stereocenters. The highest BCUT2D eigenvalue weighted by atomic mass is 32.1. The Morgan fingerprint density at radius 1 is 1.62 bits per heavy atom. The van der Waals surface area contributed by atoms with Gasteiger partial charge in [-0.25, -0.2) is 0 Å². The number of carboxylic acids is 1. The van der Waals surface area contributed by atoms with E-state index >= 15 is 0 Å². The molecule has 0 radical (unpaired) electrons. The standard InChI is InChI=1S/C12H23NO2S/c1-8-4-5-10(16)6-12(8,7-13-3)9(2)11(14)15/h8-10,13,16H,4-7H2,1-3H3,(H,14,15). The van der Waals surface area contributed by atoms with Crippen LogP contribution in [0.25, 0.3) is 0 Å². The summed E-state index contributed by atoms with van der Waals surface area (Å²) in [6.45, 7) is 4.77. The van der Waals surface area contributed by atoms with Gasteiger partial charge in [0.25, 0.3) is 0 Å². The molecule has 0 bridgehead atoms. The lowest BCUT2D eigenvalue weighted by molar-refractivity contribution is -0.148. The van der Waals surface area contributed by atoms with Crippen LogP contribution in [0, 0.1) is 17.3 Å². The normalized spacial score (nSPS) is 37.0. The Bertz CT molecular complexity index is 259. The Balaban J connectivity index is 2.96. The van der Waals surface area contributed by atoms with Crippen LogP contribution >= 0.6 is 12.6 Å². The summed E-state index contributed by atoms with van der Waals surface area (Å²) in [4.78, 5) is 11.3. The predicted molar refractivity (Wildman–Crippen MR) is 68.9 cm³/mol. The molecule has 1 aliphatic carbocycles. The molecule has 16 heavy (non-hydrogen) atoms. The quantitative estimate of drug-likeness (QED) is 0.664. The van der Waals surface area contributed by atoms with Crippen LogP contribution in [0.2, 0.25) is 0 Å². The fourth-order valence-electron chi connectivity index (χ4n) is 3.05. The molecule has 1 aliphatic rings. The van der Waals surface area contributed by atoms with Crippen LogP contribution in [-0.2, 0) is 4.79 Å². The Kier molecular flexibility index (Phi) is 4.68. The molecule has 2 N–H and O–H groups in total. The van der Waals surface area contributed by atoms with Crippen molar-refractivity contribution in [1.29, 1.82) is 0 Å². The average molecular weight is 245 g/mol. The van der Waals surface area contributed by atoms with Crippen molar-refractivity contribution in [2.45, 2.75) is 38.4 Å². The number of rotatable bonds is 4. The summed E-state index contributed by atoms with van der Waals surface area (Å²) in [7, 11) is 1.89. The lowest BCUT2D eigenvalue weighted by Crippen LogP contribution is -2.50. The lowest BCUT2D eigenvalue weighted by Gasteiger charge is -2.47. The minimum absolute atomic E-state index is 0.148. The Hall–Kier alpha value is -0.220. The van der Waals surface area contributed by atoms with Crippen LogP contribution < -0.4 is 5.32 Å². The van der Waals surface area contributed by atoms with Gasteiger partial charge in [0.1, 0.15) is 0 Å². The van der Waals surface area contributed by atoms with E-state index in [1.807, 2.05) is 14.0 Å². The summed E-state index contributed by atoms with van der Waals surface area (Å²) in [6, 6.07) is 0. The van der Waals surface area contributed by atoms with Crippen molar-refractivity contribution in [3.8, 4) is 0 Å². The third-order valence-electron chi connectivity index (χ3n) is 4.27. The van der Waals surface area contributed by atoms with E-state index in [1.165, 1.54) is 0 Å². The molecule has 0 aromatic carbocycles. The van der Waals surface area contributed by atoms with Crippen LogP contribution in [0.1, 0.15) is 33.1 Å². The van der Waals surface area contributed by atoms with E-state index in [-0.39, 0.29) is 11.3 Å². The summed E-state index contributed by atoms with van der Waals surface area (Å²) < 4.78 is 0. The summed E-state index contributed by atoms with van der Waals surface area (Å²) in [5, 5.41) is 12.8. The van der Waals surface area contributed by atoms with Crippen molar-refractivity contribution in [3.63, 3.8) is 0 Å². The van der Waals surface area contributed by atoms with E-state index in [1.54, 1.807) is 0 Å². The fraction of sp³-hybridized carbons (Fsp3) is 0.917. The number of aliphatic carboxylic acids is 1. The maximum Gasteiger partial charge on any atom is 0.306 e. The van der Waals surface area contributed by atoms with Gasteiger partial charge in [0.05, 0.1) is 5.92 Å². The lowest BCUT2D eigenvalue weighted by atomic mass is 9.60. The molecule has 94 valence electrons. The summed E-state index contributed by atoms with van der Waals surface area (Å²) in [5.41, 5.74) is -0.148. The molecule has 0 aromatic heterocycles. The first kappa shape index (κ1) is 13.8. The van der Waals surface area contributed by atoms with Gasteiger partial charge in [-0.05, 0) is 37.6 Å². The largest absolute Gasteiger partial charge is 0.481 e. The Morgan fingerprint density at radius 2 is 2.25 bits per heavy atom. The van der Waals surface area contributed by atoms with Crippen molar-refractivity contribution in [2.24, 2.45) is 17.3 Å². The molecule has 1 rings (SSSR count). The van der Waals surface area contributed by atoms with Gasteiger partial charge in [0.2, 0.25) is 0 Å². The Morgan fingerprint density at radius 3 is 2.75 bits per heavy atom. The van der Waals surface area contributed by atoms with Crippen LogP contribution in [0.15, 0.2) is 0 Å². The van der Waals surface area contributed by atoms with Gasteiger partial charge in [0.15, 0.2) is 0 Å². The van der Waals surface area contributed by atoms with E-state index in [0.29, 0.717) is 11.2 Å². The minimum atomic E-state index is -0.690. The zero-order chi connectivity index (χ0) is 12.3. The predicted octanol–water partition coefficient (Wildman–Crippen LogP) is 2.03. The molecule has 3 nitrogen and oxygen atoms in total. The number of nitrogens with one attached hydrogen (secondary N) is 1. The van der Waals surface area contributed by atoms with E-state index in [0.717, 1.165) is 25.8 Å². The van der Waals surface area contributed by atoms with Gasteiger partial charge in [-0.3, -0.25) is 4.79 Å². The van der Waals surface area contributed by atoms with Gasteiger partial charge in [-0.2, -0.15) is 12.6 Å². The second-order valence-corrected chi connectivity index (χ2v) is 5.89. The number of hydrogen-bond acceptors (Lipinski definition) is 3. The molecule has 1 saturated carbocycles. The van der Waals surface area contributed by atoms with E-state index in [4.69, 9.17) is 0 Å². The topological polar surface area (TPSA) is 49.3 Å². The van der Waals surface area contributed by atoms with Gasteiger partial charge in [-0.1, -0.05) is 13.8 Å². The molecule has 1 fully saturated rings. The molecule has 0 aromatic rings. The average Bonchev–Trinajstić information content (AvgIpc) is 2.22. The van der Waals surface area contributed by atoms with Gasteiger partial charge in [-0.15, -0.1) is 0 Å². The van der Waals surface area contributed by atoms with Crippen molar-refractivity contribution in [3.05, 3.63) is 0 Å². The molecule has 0 aliphatic heterocycles. The number of thiol groups is 1. The SMILES string of the molecule is CNCC1(C(C)C(=O)O)CC(S)CCC1C. The first-order chi connectivity index (χ1) is 7.44. The maximum atomic E-state index is 11.3. The van der Waals surface area contributed by atoms with E-state index < -0.39 is 5.97 Å². The minimum Gasteiger partial charge on any atom is -0.481 e. The number of carbonyl (C=O) groups is 1. The second-order valence-electron chi connectivity index (χ2n) is 5.16. The van der Waals surface area contributed by atoms with Gasteiger partial charge in [0, 0.05) is 11.8 Å². The van der Waals surface area contributed by atoms with Gasteiger partial charge >= 0.3 is 5.97 Å². The number of carboxylic acid groups (broad SMARTS) is 1. The second kappa shape index (κ2) is 5.41. The van der Waals surface area contributed by atoms with E-state index in [2.05, 4.69) is 24.9 Å². The highest BCUT2D eigenvalue weighted by Gasteiger charge is 2.47. The van der Waals surface area contributed by atoms with Crippen LogP contribution in [-0.4, -0.2) is 29.9 Å². The van der Waals surface area contributed by atoms with E-state index in [9.17, 15) is 9.90 Å². The van der Waals surface area contributed by atoms with Crippen LogP contribution in [0.3, 0.4) is 0 Å². The number of hydrogen-bond donors (Lipinski definition) is 3. The smallest absolute Gasteiger partial charge is 0.306 e. The first-order valence-electron chi connectivity index (χ1n) is 5.99. The molecular weight excluding hydrogens is 222 g/mol. The molecule has 0 amide bonds. The summed E-state index contributed by atoms with van der Waals surface area (Å²) >= 11 is 4.55. The zero-order valence-electron chi connectivity index (χ0n) is 10.4. The van der Waals surface area contributed by atoms with Crippen molar-refractivity contribution < 1.29 is 9.90 Å².